The van der Waals surface area contributed by atoms with Crippen LogP contribution in [0.5, 0.6) is 0 Å². The van der Waals surface area contributed by atoms with Gasteiger partial charge in [-0.2, -0.15) is 0 Å². The van der Waals surface area contributed by atoms with Gasteiger partial charge in [0, 0.05) is 24.7 Å². The van der Waals surface area contributed by atoms with Crippen LogP contribution in [0.4, 0.5) is 5.69 Å². The summed E-state index contributed by atoms with van der Waals surface area (Å²) in [5, 5.41) is 13.7. The van der Waals surface area contributed by atoms with Gasteiger partial charge in [-0.05, 0) is 18.5 Å². The summed E-state index contributed by atoms with van der Waals surface area (Å²) < 4.78 is 26.0. The summed E-state index contributed by atoms with van der Waals surface area (Å²) in [7, 11) is -3.33. The van der Waals surface area contributed by atoms with Crippen molar-refractivity contribution in [1.29, 1.82) is 0 Å². The van der Waals surface area contributed by atoms with Crippen LogP contribution in [0.2, 0.25) is 0 Å². The lowest BCUT2D eigenvalue weighted by Crippen LogP contribution is -2.29. The molecule has 0 aliphatic carbocycles. The van der Waals surface area contributed by atoms with E-state index in [9.17, 15) is 18.5 Å². The Balaban J connectivity index is 2.40. The van der Waals surface area contributed by atoms with Crippen LogP contribution >= 0.6 is 0 Å². The molecule has 0 unspecified atom stereocenters. The summed E-state index contributed by atoms with van der Waals surface area (Å²) in [6.07, 6.45) is 0.535. The third kappa shape index (κ3) is 7.16. The van der Waals surface area contributed by atoms with Gasteiger partial charge in [0.15, 0.2) is 0 Å². The van der Waals surface area contributed by atoms with Gasteiger partial charge in [-0.3, -0.25) is 10.1 Å². The number of nitro benzene ring substituents is 1. The number of hydrogen-bond acceptors (Lipinski definition) is 5. The largest absolute Gasteiger partial charge is 0.314 e. The van der Waals surface area contributed by atoms with Crippen molar-refractivity contribution >= 4 is 15.7 Å². The van der Waals surface area contributed by atoms with E-state index in [1.54, 1.807) is 12.1 Å². The number of non-ortho nitro benzene ring substituents is 1. The van der Waals surface area contributed by atoms with E-state index in [-0.39, 0.29) is 18.0 Å². The van der Waals surface area contributed by atoms with Gasteiger partial charge < -0.3 is 5.32 Å². The fourth-order valence-corrected chi connectivity index (χ4v) is 2.71. The zero-order valence-electron chi connectivity index (χ0n) is 12.2. The van der Waals surface area contributed by atoms with E-state index in [4.69, 9.17) is 0 Å². The summed E-state index contributed by atoms with van der Waals surface area (Å²) in [6, 6.07) is 6.13. The molecular weight excluding hydrogens is 294 g/mol. The molecule has 0 saturated carbocycles. The molecule has 0 spiro atoms. The van der Waals surface area contributed by atoms with E-state index >= 15 is 0 Å². The molecule has 0 aliphatic heterocycles. The van der Waals surface area contributed by atoms with Crippen LogP contribution in [0.3, 0.4) is 0 Å². The number of nitrogens with one attached hydrogen (secondary N) is 2. The number of benzene rings is 1. The molecule has 1 aromatic carbocycles. The molecule has 0 radical (unpaired) electrons. The zero-order chi connectivity index (χ0) is 15.9. The van der Waals surface area contributed by atoms with Crippen LogP contribution in [-0.2, 0) is 16.6 Å². The van der Waals surface area contributed by atoms with Gasteiger partial charge in [-0.25, -0.2) is 13.1 Å². The summed E-state index contributed by atoms with van der Waals surface area (Å²) in [6.45, 7) is 4.79. The van der Waals surface area contributed by atoms with Crippen LogP contribution in [0.1, 0.15) is 25.8 Å². The normalized spacial score (nSPS) is 11.8. The highest BCUT2D eigenvalue weighted by Gasteiger charge is 2.10. The lowest BCUT2D eigenvalue weighted by Gasteiger charge is -2.09. The summed E-state index contributed by atoms with van der Waals surface area (Å²) >= 11 is 0. The lowest BCUT2D eigenvalue weighted by atomic mass is 10.2. The highest BCUT2D eigenvalue weighted by Crippen LogP contribution is 2.11. The van der Waals surface area contributed by atoms with Gasteiger partial charge in [-0.15, -0.1) is 0 Å². The SMILES string of the molecule is CC(C)NCCCS(=O)(=O)NCc1ccc([N+](=O)[O-])cc1. The molecule has 0 atom stereocenters. The molecule has 0 aliphatic rings. The molecule has 1 rings (SSSR count). The molecule has 8 heteroatoms. The van der Waals surface area contributed by atoms with Crippen LogP contribution in [-0.4, -0.2) is 31.7 Å². The van der Waals surface area contributed by atoms with Crippen molar-refractivity contribution in [3.8, 4) is 0 Å². The molecule has 0 heterocycles. The van der Waals surface area contributed by atoms with E-state index in [0.29, 0.717) is 24.6 Å². The third-order valence-corrected chi connectivity index (χ3v) is 4.20. The Labute approximate surface area is 124 Å². The first kappa shape index (κ1) is 17.5. The van der Waals surface area contributed by atoms with Crippen molar-refractivity contribution in [3.05, 3.63) is 39.9 Å². The highest BCUT2D eigenvalue weighted by atomic mass is 32.2. The quantitative estimate of drug-likeness (QED) is 0.407. The molecule has 1 aromatic rings. The Hall–Kier alpha value is -1.51. The molecule has 0 bridgehead atoms. The van der Waals surface area contributed by atoms with Crippen molar-refractivity contribution in [2.24, 2.45) is 0 Å². The minimum Gasteiger partial charge on any atom is -0.314 e. The molecule has 0 fully saturated rings. The Kier molecular flexibility index (Phi) is 6.73. The summed E-state index contributed by atoms with van der Waals surface area (Å²) in [4.78, 5) is 10.0. The first-order valence-corrected chi connectivity index (χ1v) is 8.39. The van der Waals surface area contributed by atoms with Crippen molar-refractivity contribution in [2.45, 2.75) is 32.9 Å². The highest BCUT2D eigenvalue weighted by molar-refractivity contribution is 7.89. The molecule has 2 N–H and O–H groups in total. The monoisotopic (exact) mass is 315 g/mol. The van der Waals surface area contributed by atoms with Gasteiger partial charge in [0.1, 0.15) is 0 Å². The standard InChI is InChI=1S/C13H21N3O4S/c1-11(2)14-8-3-9-21(19,20)15-10-12-4-6-13(7-5-12)16(17)18/h4-7,11,14-15H,3,8-10H2,1-2H3. The molecule has 0 amide bonds. The average molecular weight is 315 g/mol. The van der Waals surface area contributed by atoms with Crippen molar-refractivity contribution in [2.75, 3.05) is 12.3 Å². The average Bonchev–Trinajstić information content (AvgIpc) is 2.42. The number of nitro groups is 1. The van der Waals surface area contributed by atoms with Crippen molar-refractivity contribution in [1.82, 2.24) is 10.0 Å². The Morgan fingerprint density at radius 3 is 2.38 bits per heavy atom. The summed E-state index contributed by atoms with van der Waals surface area (Å²) in [5.74, 6) is 0.0553. The predicted molar refractivity (Wildman–Crippen MR) is 81.5 cm³/mol. The molecule has 0 saturated heterocycles. The fraction of sp³-hybridized carbons (Fsp3) is 0.538. The minimum atomic E-state index is -3.33. The van der Waals surface area contributed by atoms with Crippen molar-refractivity contribution < 1.29 is 13.3 Å². The maximum absolute atomic E-state index is 11.8. The maximum Gasteiger partial charge on any atom is 0.269 e. The number of hydrogen-bond donors (Lipinski definition) is 2. The lowest BCUT2D eigenvalue weighted by molar-refractivity contribution is -0.384. The number of sulfonamides is 1. The van der Waals surface area contributed by atoms with Gasteiger partial charge >= 0.3 is 0 Å². The zero-order valence-corrected chi connectivity index (χ0v) is 13.0. The van der Waals surface area contributed by atoms with E-state index in [1.165, 1.54) is 12.1 Å². The van der Waals surface area contributed by atoms with Gasteiger partial charge in [0.2, 0.25) is 10.0 Å². The van der Waals surface area contributed by atoms with E-state index in [2.05, 4.69) is 10.0 Å². The first-order chi connectivity index (χ1) is 9.80. The van der Waals surface area contributed by atoms with Crippen LogP contribution in [0.15, 0.2) is 24.3 Å². The number of rotatable bonds is 9. The summed E-state index contributed by atoms with van der Waals surface area (Å²) in [5.41, 5.74) is 0.672. The maximum atomic E-state index is 11.8. The molecule has 7 nitrogen and oxygen atoms in total. The Bertz CT molecular complexity index is 555. The van der Waals surface area contributed by atoms with Crippen LogP contribution < -0.4 is 10.0 Å². The third-order valence-electron chi connectivity index (χ3n) is 2.79. The van der Waals surface area contributed by atoms with E-state index in [0.717, 1.165) is 0 Å². The minimum absolute atomic E-state index is 0.0126. The smallest absolute Gasteiger partial charge is 0.269 e. The van der Waals surface area contributed by atoms with Gasteiger partial charge in [-0.1, -0.05) is 26.0 Å². The van der Waals surface area contributed by atoms with Gasteiger partial charge in [0.05, 0.1) is 10.7 Å². The Morgan fingerprint density at radius 2 is 1.86 bits per heavy atom. The Morgan fingerprint density at radius 1 is 1.24 bits per heavy atom. The van der Waals surface area contributed by atoms with Crippen molar-refractivity contribution in [3.63, 3.8) is 0 Å². The molecule has 21 heavy (non-hydrogen) atoms. The van der Waals surface area contributed by atoms with E-state index < -0.39 is 14.9 Å². The van der Waals surface area contributed by atoms with Gasteiger partial charge in [0.25, 0.3) is 5.69 Å². The van der Waals surface area contributed by atoms with E-state index in [1.807, 2.05) is 13.8 Å². The molecule has 0 aromatic heterocycles. The predicted octanol–water partition coefficient (Wildman–Crippen LogP) is 1.40. The number of nitrogens with zero attached hydrogens (tertiary/aromatic N) is 1. The topological polar surface area (TPSA) is 101 Å². The first-order valence-electron chi connectivity index (χ1n) is 6.74. The molecule has 118 valence electrons. The second kappa shape index (κ2) is 8.06. The second-order valence-electron chi connectivity index (χ2n) is 5.03. The fourth-order valence-electron chi connectivity index (χ4n) is 1.65. The van der Waals surface area contributed by atoms with Crippen LogP contribution in [0.25, 0.3) is 0 Å². The van der Waals surface area contributed by atoms with Crippen LogP contribution in [0, 0.1) is 10.1 Å². The molecular formula is C13H21N3O4S. The second-order valence-corrected chi connectivity index (χ2v) is 6.95.